The molecule has 2 N–H and O–H groups in total. The van der Waals surface area contributed by atoms with E-state index < -0.39 is 11.7 Å². The monoisotopic (exact) mass is 546 g/mol. The minimum Gasteiger partial charge on any atom is -0.469 e. The molecule has 0 spiro atoms. The van der Waals surface area contributed by atoms with Crippen LogP contribution in [0.1, 0.15) is 45.2 Å². The second-order valence-electron chi connectivity index (χ2n) is 8.32. The van der Waals surface area contributed by atoms with Gasteiger partial charge in [-0.3, -0.25) is 9.79 Å². The zero-order valence-corrected chi connectivity index (χ0v) is 21.3. The molecule has 2 rings (SSSR count). The Kier molecular flexibility index (Phi) is 11.1. The average molecular weight is 546 g/mol. The number of nitrogens with zero attached hydrogens (tertiary/aromatic N) is 2. The molecule has 8 nitrogen and oxygen atoms in total. The fourth-order valence-electron chi connectivity index (χ4n) is 3.41. The van der Waals surface area contributed by atoms with Gasteiger partial charge in [0.15, 0.2) is 5.96 Å². The van der Waals surface area contributed by atoms with Crippen LogP contribution in [0.25, 0.3) is 0 Å². The van der Waals surface area contributed by atoms with E-state index in [-0.39, 0.29) is 41.9 Å². The smallest absolute Gasteiger partial charge is 0.408 e. The number of carbonyl (C=O) groups is 2. The Hall–Kier alpha value is -2.04. The van der Waals surface area contributed by atoms with Crippen LogP contribution in [0.3, 0.4) is 0 Å². The molecule has 9 heteroatoms. The number of guanidine groups is 1. The fraction of sp³-hybridized carbons (Fsp3) is 0.591. The first kappa shape index (κ1) is 27.0. The highest BCUT2D eigenvalue weighted by Gasteiger charge is 2.27. The van der Waals surface area contributed by atoms with Crippen LogP contribution in [-0.2, 0) is 14.3 Å². The van der Waals surface area contributed by atoms with Crippen molar-refractivity contribution in [2.24, 2.45) is 10.9 Å². The minimum atomic E-state index is -0.571. The maximum atomic E-state index is 12.3. The van der Waals surface area contributed by atoms with Crippen LogP contribution in [0.2, 0.25) is 0 Å². The fourth-order valence-corrected chi connectivity index (χ4v) is 3.41. The second-order valence-corrected chi connectivity index (χ2v) is 8.32. The Balaban J connectivity index is 0.00000480. The summed E-state index contributed by atoms with van der Waals surface area (Å²) in [5.41, 5.74) is 0.398. The van der Waals surface area contributed by atoms with Gasteiger partial charge in [0.2, 0.25) is 0 Å². The maximum absolute atomic E-state index is 12.3. The molecule has 1 unspecified atom stereocenters. The quantitative estimate of drug-likeness (QED) is 0.255. The van der Waals surface area contributed by atoms with Crippen LogP contribution in [0.4, 0.5) is 4.79 Å². The van der Waals surface area contributed by atoms with Gasteiger partial charge in [0.1, 0.15) is 5.60 Å². The molecule has 1 amide bonds. The summed E-state index contributed by atoms with van der Waals surface area (Å²) in [5, 5.41) is 6.30. The van der Waals surface area contributed by atoms with E-state index in [2.05, 4.69) is 20.5 Å². The molecule has 1 saturated heterocycles. The van der Waals surface area contributed by atoms with Crippen molar-refractivity contribution in [1.82, 2.24) is 15.5 Å². The van der Waals surface area contributed by atoms with E-state index in [0.29, 0.717) is 6.54 Å². The largest absolute Gasteiger partial charge is 0.469 e. The lowest BCUT2D eigenvalue weighted by Gasteiger charge is -2.34. The number of hydrogen-bond donors (Lipinski definition) is 2. The lowest BCUT2D eigenvalue weighted by Crippen LogP contribution is -2.49. The predicted octanol–water partition coefficient (Wildman–Crippen LogP) is 3.33. The Morgan fingerprint density at radius 2 is 1.81 bits per heavy atom. The lowest BCUT2D eigenvalue weighted by molar-refractivity contribution is -0.146. The summed E-state index contributed by atoms with van der Waals surface area (Å²) in [6.45, 7) is 7.39. The number of carbonyl (C=O) groups excluding carboxylic acids is 2. The molecule has 0 bridgehead atoms. The molecule has 1 aliphatic heterocycles. The molecule has 174 valence electrons. The molecule has 0 saturated carbocycles. The number of rotatable bonds is 5. The molecule has 0 aliphatic carbocycles. The molecular formula is C22H35IN4O4. The second kappa shape index (κ2) is 12.7. The molecule has 1 heterocycles. The number of aliphatic imine (C=N–C) groups is 1. The van der Waals surface area contributed by atoms with Gasteiger partial charge < -0.3 is 25.0 Å². The van der Waals surface area contributed by atoms with E-state index >= 15 is 0 Å². The number of methoxy groups -OCH3 is 1. The first-order chi connectivity index (χ1) is 14.2. The average Bonchev–Trinajstić information content (AvgIpc) is 2.72. The van der Waals surface area contributed by atoms with Crippen LogP contribution >= 0.6 is 24.0 Å². The third-order valence-corrected chi connectivity index (χ3v) is 4.90. The summed E-state index contributed by atoms with van der Waals surface area (Å²) in [7, 11) is 3.16. The van der Waals surface area contributed by atoms with Gasteiger partial charge in [0, 0.05) is 26.7 Å². The van der Waals surface area contributed by atoms with Gasteiger partial charge in [0.25, 0.3) is 0 Å². The van der Waals surface area contributed by atoms with Crippen LogP contribution in [0.5, 0.6) is 0 Å². The number of alkyl carbamates (subject to hydrolysis) is 1. The Morgan fingerprint density at radius 1 is 1.19 bits per heavy atom. The number of nitrogens with one attached hydrogen (secondary N) is 2. The van der Waals surface area contributed by atoms with Crippen LogP contribution in [0.15, 0.2) is 35.3 Å². The standard InChI is InChI=1S/C22H34N4O4.HI/c1-22(2,3)30-21(28)25-18(16-9-7-6-8-10-16)15-24-20(23-4)26-13-11-17(12-14-26)19(27)29-5;/h6-10,17-18H,11-15H2,1-5H3,(H,23,24)(H,25,28);1H. The van der Waals surface area contributed by atoms with Crippen LogP contribution in [0, 0.1) is 5.92 Å². The van der Waals surface area contributed by atoms with E-state index in [1.54, 1.807) is 7.05 Å². The summed E-state index contributed by atoms with van der Waals surface area (Å²) >= 11 is 0. The summed E-state index contributed by atoms with van der Waals surface area (Å²) in [5.74, 6) is 0.531. The third kappa shape index (κ3) is 8.92. The van der Waals surface area contributed by atoms with E-state index in [9.17, 15) is 9.59 Å². The molecule has 1 fully saturated rings. The number of amides is 1. The van der Waals surface area contributed by atoms with Crippen molar-refractivity contribution in [3.05, 3.63) is 35.9 Å². The molecule has 1 atom stereocenters. The Morgan fingerprint density at radius 3 is 2.32 bits per heavy atom. The molecule has 0 radical (unpaired) electrons. The van der Waals surface area contributed by atoms with Gasteiger partial charge >= 0.3 is 12.1 Å². The molecular weight excluding hydrogens is 511 g/mol. The summed E-state index contributed by atoms with van der Waals surface area (Å²) in [4.78, 5) is 30.6. The highest BCUT2D eigenvalue weighted by molar-refractivity contribution is 14.0. The van der Waals surface area contributed by atoms with Crippen LogP contribution < -0.4 is 10.6 Å². The summed E-state index contributed by atoms with van der Waals surface area (Å²) in [6, 6.07) is 9.45. The van der Waals surface area contributed by atoms with Gasteiger partial charge in [-0.15, -0.1) is 24.0 Å². The highest BCUT2D eigenvalue weighted by Crippen LogP contribution is 2.19. The van der Waals surface area contributed by atoms with Crippen molar-refractivity contribution < 1.29 is 19.1 Å². The SMILES string of the molecule is CN=C(NCC(NC(=O)OC(C)(C)C)c1ccccc1)N1CCC(C(=O)OC)CC1.I. The molecule has 31 heavy (non-hydrogen) atoms. The summed E-state index contributed by atoms with van der Waals surface area (Å²) in [6.07, 6.45) is 0.990. The molecule has 1 aliphatic rings. The maximum Gasteiger partial charge on any atom is 0.408 e. The van der Waals surface area contributed by atoms with Crippen molar-refractivity contribution in [3.63, 3.8) is 0 Å². The molecule has 1 aromatic carbocycles. The van der Waals surface area contributed by atoms with Gasteiger partial charge in [0.05, 0.1) is 19.1 Å². The van der Waals surface area contributed by atoms with E-state index in [0.717, 1.165) is 37.5 Å². The zero-order valence-electron chi connectivity index (χ0n) is 19.0. The first-order valence-electron chi connectivity index (χ1n) is 10.3. The van der Waals surface area contributed by atoms with Crippen LogP contribution in [-0.4, -0.2) is 62.3 Å². The van der Waals surface area contributed by atoms with Gasteiger partial charge in [-0.25, -0.2) is 4.79 Å². The van der Waals surface area contributed by atoms with Gasteiger partial charge in [-0.2, -0.15) is 0 Å². The van der Waals surface area contributed by atoms with Gasteiger partial charge in [-0.1, -0.05) is 30.3 Å². The number of hydrogen-bond acceptors (Lipinski definition) is 5. The minimum absolute atomic E-state index is 0. The van der Waals surface area contributed by atoms with E-state index in [1.807, 2.05) is 51.1 Å². The van der Waals surface area contributed by atoms with E-state index in [1.165, 1.54) is 7.11 Å². The predicted molar refractivity (Wildman–Crippen MR) is 132 cm³/mol. The van der Waals surface area contributed by atoms with Crippen molar-refractivity contribution in [1.29, 1.82) is 0 Å². The van der Waals surface area contributed by atoms with Crippen molar-refractivity contribution in [2.75, 3.05) is 33.8 Å². The zero-order chi connectivity index (χ0) is 22.1. The number of esters is 1. The number of piperidine rings is 1. The molecule has 1 aromatic rings. The molecule has 0 aromatic heterocycles. The number of ether oxygens (including phenoxy) is 2. The highest BCUT2D eigenvalue weighted by atomic mass is 127. The normalized spacial score (nSPS) is 16.0. The van der Waals surface area contributed by atoms with Crippen molar-refractivity contribution in [3.8, 4) is 0 Å². The Labute approximate surface area is 202 Å². The summed E-state index contributed by atoms with van der Waals surface area (Å²) < 4.78 is 10.3. The number of likely N-dealkylation sites (tertiary alicyclic amines) is 1. The van der Waals surface area contributed by atoms with Crippen molar-refractivity contribution in [2.45, 2.75) is 45.3 Å². The first-order valence-corrected chi connectivity index (χ1v) is 10.3. The lowest BCUT2D eigenvalue weighted by atomic mass is 9.97. The van der Waals surface area contributed by atoms with Gasteiger partial charge in [-0.05, 0) is 39.2 Å². The van der Waals surface area contributed by atoms with Crippen molar-refractivity contribution >= 4 is 42.0 Å². The topological polar surface area (TPSA) is 92.3 Å². The third-order valence-electron chi connectivity index (χ3n) is 4.90. The Bertz CT molecular complexity index is 729. The number of benzene rings is 1. The van der Waals surface area contributed by atoms with E-state index in [4.69, 9.17) is 9.47 Å². The number of halogens is 1.